The Bertz CT molecular complexity index is 2880. The van der Waals surface area contributed by atoms with E-state index < -0.39 is 0 Å². The fourth-order valence-corrected chi connectivity index (χ4v) is 9.82. The van der Waals surface area contributed by atoms with E-state index in [4.69, 9.17) is 4.98 Å². The van der Waals surface area contributed by atoms with Crippen molar-refractivity contribution in [1.29, 1.82) is 5.26 Å². The first-order valence-electron chi connectivity index (χ1n) is 20.8. The summed E-state index contributed by atoms with van der Waals surface area (Å²) >= 11 is 0. The third-order valence-electron chi connectivity index (χ3n) is 12.9. The minimum Gasteiger partial charge on any atom is -0.248 e. The van der Waals surface area contributed by atoms with Gasteiger partial charge in [0.25, 0.3) is 0 Å². The largest absolute Gasteiger partial charge is 0.248 e. The van der Waals surface area contributed by atoms with E-state index in [1.54, 1.807) is 5.57 Å². The normalized spacial score (nSPS) is 16.6. The van der Waals surface area contributed by atoms with Gasteiger partial charge < -0.3 is 0 Å². The number of nitriles is 1. The van der Waals surface area contributed by atoms with Crippen molar-refractivity contribution >= 4 is 0 Å². The third-order valence-corrected chi connectivity index (χ3v) is 12.9. The van der Waals surface area contributed by atoms with Crippen molar-refractivity contribution in [2.45, 2.75) is 38.5 Å². The van der Waals surface area contributed by atoms with Crippen LogP contribution in [0.5, 0.6) is 0 Å². The maximum Gasteiger partial charge on any atom is 0.0991 e. The van der Waals surface area contributed by atoms with Crippen molar-refractivity contribution in [2.75, 3.05) is 0 Å². The molecule has 2 heteroatoms. The highest BCUT2D eigenvalue weighted by atomic mass is 14.7. The zero-order valence-electron chi connectivity index (χ0n) is 33.5. The van der Waals surface area contributed by atoms with Gasteiger partial charge in [-0.1, -0.05) is 165 Å². The predicted molar refractivity (Wildman–Crippen MR) is 245 cm³/mol. The van der Waals surface area contributed by atoms with Crippen LogP contribution in [0.2, 0.25) is 0 Å². The van der Waals surface area contributed by atoms with Crippen LogP contribution in [-0.2, 0) is 5.41 Å². The van der Waals surface area contributed by atoms with Crippen molar-refractivity contribution in [2.24, 2.45) is 5.92 Å². The number of rotatable bonds is 7. The minimum absolute atomic E-state index is 0.155. The van der Waals surface area contributed by atoms with Gasteiger partial charge in [-0.25, -0.2) is 4.98 Å². The van der Waals surface area contributed by atoms with Gasteiger partial charge in [0.05, 0.1) is 23.0 Å². The van der Waals surface area contributed by atoms with Crippen molar-refractivity contribution in [3.05, 3.63) is 210 Å². The zero-order chi connectivity index (χ0) is 39.9. The van der Waals surface area contributed by atoms with Crippen LogP contribution in [0.3, 0.4) is 0 Å². The van der Waals surface area contributed by atoms with Crippen LogP contribution < -0.4 is 0 Å². The number of nitrogens with zero attached hydrogens (tertiary/aromatic N) is 2. The number of aromatic nitrogens is 1. The van der Waals surface area contributed by atoms with Crippen LogP contribution in [-0.4, -0.2) is 4.98 Å². The molecule has 1 aromatic heterocycles. The summed E-state index contributed by atoms with van der Waals surface area (Å²) < 4.78 is 0. The van der Waals surface area contributed by atoms with Gasteiger partial charge in [0, 0.05) is 16.5 Å². The molecule has 8 aromatic rings. The highest BCUT2D eigenvalue weighted by Crippen LogP contribution is 2.60. The molecule has 10 rings (SSSR count). The Labute approximate surface area is 347 Å². The Balaban J connectivity index is 1.05. The van der Waals surface area contributed by atoms with E-state index in [-0.39, 0.29) is 5.41 Å². The maximum absolute atomic E-state index is 9.55. The molecule has 2 nitrogen and oxygen atoms in total. The molecule has 282 valence electrons. The summed E-state index contributed by atoms with van der Waals surface area (Å²) in [7, 11) is 0. The van der Waals surface area contributed by atoms with E-state index in [0.29, 0.717) is 11.5 Å². The standard InChI is InChI=1S/C57H44N2/c1-3-39-29-30-57(38(2)31-39)53-34-48(27-28-51(53)52-22-12-21-50(56(52)57)41-25-23-40(37-58)24-26-41)46-19-10-17-44(32-46)45-18-11-20-47(33-45)49-35-54(42-13-6-4-7-14-42)59-55(36-49)43-15-8-5-9-16-43/h4-29,32-36,38H,3,30-31H2,1-2H3. The van der Waals surface area contributed by atoms with Crippen molar-refractivity contribution < 1.29 is 0 Å². The van der Waals surface area contributed by atoms with Crippen LogP contribution in [0, 0.1) is 17.2 Å². The molecule has 0 aliphatic heterocycles. The van der Waals surface area contributed by atoms with Gasteiger partial charge in [-0.3, -0.25) is 0 Å². The molecule has 1 spiro atoms. The average Bonchev–Trinajstić information content (AvgIpc) is 3.60. The summed E-state index contributed by atoms with van der Waals surface area (Å²) in [6.07, 6.45) is 5.69. The van der Waals surface area contributed by atoms with Gasteiger partial charge >= 0.3 is 0 Å². The van der Waals surface area contributed by atoms with E-state index in [1.165, 1.54) is 55.6 Å². The monoisotopic (exact) mass is 756 g/mol. The van der Waals surface area contributed by atoms with Crippen LogP contribution in [0.25, 0.3) is 78.1 Å². The molecule has 0 amide bonds. The summed E-state index contributed by atoms with van der Waals surface area (Å²) in [6, 6.07) is 67.8. The van der Waals surface area contributed by atoms with Gasteiger partial charge in [0.2, 0.25) is 0 Å². The average molecular weight is 757 g/mol. The first-order valence-corrected chi connectivity index (χ1v) is 20.8. The summed E-state index contributed by atoms with van der Waals surface area (Å²) in [5.74, 6) is 0.421. The highest BCUT2D eigenvalue weighted by molar-refractivity contribution is 5.91. The van der Waals surface area contributed by atoms with Crippen molar-refractivity contribution in [3.63, 3.8) is 0 Å². The summed E-state index contributed by atoms with van der Waals surface area (Å²) in [5.41, 5.74) is 21.3. The number of hydrogen-bond donors (Lipinski definition) is 0. The number of fused-ring (bicyclic) bond motifs is 5. The molecule has 7 aromatic carbocycles. The lowest BCUT2D eigenvalue weighted by Crippen LogP contribution is -2.36. The summed E-state index contributed by atoms with van der Waals surface area (Å²) in [4.78, 5) is 5.12. The fourth-order valence-electron chi connectivity index (χ4n) is 9.82. The molecule has 2 atom stereocenters. The van der Waals surface area contributed by atoms with E-state index in [1.807, 2.05) is 24.3 Å². The molecule has 0 radical (unpaired) electrons. The molecular formula is C57H44N2. The maximum atomic E-state index is 9.55. The van der Waals surface area contributed by atoms with Gasteiger partial charge in [-0.15, -0.1) is 0 Å². The minimum atomic E-state index is -0.155. The Morgan fingerprint density at radius 3 is 1.63 bits per heavy atom. The van der Waals surface area contributed by atoms with Crippen LogP contribution in [0.4, 0.5) is 0 Å². The molecule has 1 heterocycles. The predicted octanol–water partition coefficient (Wildman–Crippen LogP) is 15.0. The highest BCUT2D eigenvalue weighted by Gasteiger charge is 2.49. The Morgan fingerprint density at radius 2 is 1.05 bits per heavy atom. The SMILES string of the molecule is CCC1=CCC2(c3cc(-c4cccc(-c5cccc(-c6cc(-c7ccccc7)nc(-c7ccccc7)c6)c5)c4)ccc3-c3cccc(-c4ccc(C#N)cc4)c32)C(C)C1. The second kappa shape index (κ2) is 15.0. The topological polar surface area (TPSA) is 36.7 Å². The van der Waals surface area contributed by atoms with Crippen LogP contribution in [0.1, 0.15) is 49.8 Å². The quantitative estimate of drug-likeness (QED) is 0.152. The smallest absolute Gasteiger partial charge is 0.0991 e. The van der Waals surface area contributed by atoms with Gasteiger partial charge in [0.1, 0.15) is 0 Å². The summed E-state index contributed by atoms with van der Waals surface area (Å²) in [5, 5.41) is 9.55. The van der Waals surface area contributed by atoms with Gasteiger partial charge in [0.15, 0.2) is 0 Å². The Hall–Kier alpha value is -7.08. The van der Waals surface area contributed by atoms with Crippen molar-refractivity contribution in [3.8, 4) is 84.2 Å². The van der Waals surface area contributed by atoms with E-state index in [0.717, 1.165) is 52.9 Å². The lowest BCUT2D eigenvalue weighted by molar-refractivity contribution is 0.332. The second-order valence-electron chi connectivity index (χ2n) is 16.2. The van der Waals surface area contributed by atoms with Gasteiger partial charge in [-0.2, -0.15) is 5.26 Å². The molecule has 0 N–H and O–H groups in total. The lowest BCUT2D eigenvalue weighted by atomic mass is 9.61. The molecule has 2 aliphatic rings. The lowest BCUT2D eigenvalue weighted by Gasteiger charge is -2.42. The van der Waals surface area contributed by atoms with Crippen LogP contribution >= 0.6 is 0 Å². The molecule has 2 aliphatic carbocycles. The number of pyridine rings is 1. The molecule has 0 saturated carbocycles. The Kier molecular flexibility index (Phi) is 9.23. The summed E-state index contributed by atoms with van der Waals surface area (Å²) in [6.45, 7) is 4.75. The molecule has 2 unspecified atom stereocenters. The van der Waals surface area contributed by atoms with Crippen molar-refractivity contribution in [1.82, 2.24) is 4.98 Å². The first-order chi connectivity index (χ1) is 29.0. The molecule has 59 heavy (non-hydrogen) atoms. The van der Waals surface area contributed by atoms with E-state index in [9.17, 15) is 5.26 Å². The number of benzene rings is 7. The zero-order valence-corrected chi connectivity index (χ0v) is 33.5. The molecule has 0 saturated heterocycles. The van der Waals surface area contributed by atoms with E-state index >= 15 is 0 Å². The van der Waals surface area contributed by atoms with Gasteiger partial charge in [-0.05, 0) is 134 Å². The molecule has 0 fully saturated rings. The van der Waals surface area contributed by atoms with E-state index in [2.05, 4.69) is 184 Å². The number of hydrogen-bond acceptors (Lipinski definition) is 2. The fraction of sp³-hybridized carbons (Fsp3) is 0.123. The third kappa shape index (κ3) is 6.41. The first kappa shape index (κ1) is 36.3. The second-order valence-corrected chi connectivity index (χ2v) is 16.2. The Morgan fingerprint density at radius 1 is 0.525 bits per heavy atom. The molecular weight excluding hydrogens is 713 g/mol. The molecule has 0 bridgehead atoms. The number of allylic oxidation sites excluding steroid dienone is 2. The van der Waals surface area contributed by atoms with Crippen LogP contribution in [0.15, 0.2) is 194 Å².